The number of ketones is 1. The van der Waals surface area contributed by atoms with E-state index >= 15 is 0 Å². The Morgan fingerprint density at radius 2 is 2.36 bits per heavy atom. The van der Waals surface area contributed by atoms with Crippen LogP contribution in [0.25, 0.3) is 0 Å². The molecule has 3 atom stereocenters. The molecule has 3 rings (SSSR count). The van der Waals surface area contributed by atoms with Crippen LogP contribution in [-0.2, 0) is 4.79 Å². The van der Waals surface area contributed by atoms with E-state index in [9.17, 15) is 4.79 Å². The van der Waals surface area contributed by atoms with Crippen LogP contribution in [0.2, 0.25) is 0 Å². The lowest BCUT2D eigenvalue weighted by atomic mass is 9.90. The Hall–Kier alpha value is -0.590. The van der Waals surface area contributed by atoms with Gasteiger partial charge in [-0.2, -0.15) is 0 Å². The average molecular weight is 148 g/mol. The SMILES string of the molecule is O=C1CCC23CCC=CC2C13. The van der Waals surface area contributed by atoms with Gasteiger partial charge in [-0.25, -0.2) is 0 Å². The fraction of sp³-hybridized carbons (Fsp3) is 0.700. The number of rotatable bonds is 0. The van der Waals surface area contributed by atoms with Crippen molar-refractivity contribution in [1.29, 1.82) is 0 Å². The Balaban J connectivity index is 2.00. The molecule has 2 saturated carbocycles. The zero-order valence-electron chi connectivity index (χ0n) is 6.55. The number of Topliss-reactive ketones (excluding diaryl/α,β-unsaturated/α-hetero) is 1. The molecule has 0 aromatic heterocycles. The van der Waals surface area contributed by atoms with Gasteiger partial charge in [0.15, 0.2) is 0 Å². The summed E-state index contributed by atoms with van der Waals surface area (Å²) in [6.45, 7) is 0. The lowest BCUT2D eigenvalue weighted by Crippen LogP contribution is -2.04. The number of hydrogen-bond acceptors (Lipinski definition) is 1. The maximum atomic E-state index is 11.3. The van der Waals surface area contributed by atoms with Crippen molar-refractivity contribution in [3.05, 3.63) is 12.2 Å². The van der Waals surface area contributed by atoms with Gasteiger partial charge in [-0.1, -0.05) is 12.2 Å². The van der Waals surface area contributed by atoms with E-state index in [4.69, 9.17) is 0 Å². The highest BCUT2D eigenvalue weighted by molar-refractivity contribution is 5.89. The molecule has 2 fully saturated rings. The van der Waals surface area contributed by atoms with Crippen LogP contribution in [0.5, 0.6) is 0 Å². The molecule has 0 radical (unpaired) electrons. The van der Waals surface area contributed by atoms with Crippen LogP contribution >= 0.6 is 0 Å². The average Bonchev–Trinajstić information content (AvgIpc) is 2.60. The molecule has 3 aliphatic carbocycles. The Labute approximate surface area is 66.5 Å². The van der Waals surface area contributed by atoms with E-state index in [1.54, 1.807) is 0 Å². The molecule has 11 heavy (non-hydrogen) atoms. The number of carbonyl (C=O) groups is 1. The molecule has 0 bridgehead atoms. The molecule has 0 aromatic carbocycles. The molecule has 0 aliphatic heterocycles. The van der Waals surface area contributed by atoms with E-state index in [-0.39, 0.29) is 0 Å². The molecule has 0 heterocycles. The first-order chi connectivity index (χ1) is 5.34. The summed E-state index contributed by atoms with van der Waals surface area (Å²) in [4.78, 5) is 11.3. The molecule has 3 aliphatic rings. The number of hydrogen-bond donors (Lipinski definition) is 0. The maximum Gasteiger partial charge on any atom is 0.137 e. The third-order valence-corrected chi connectivity index (χ3v) is 3.84. The largest absolute Gasteiger partial charge is 0.299 e. The van der Waals surface area contributed by atoms with Crippen LogP contribution in [-0.4, -0.2) is 5.78 Å². The molecule has 1 nitrogen and oxygen atoms in total. The predicted molar refractivity (Wildman–Crippen MR) is 42.0 cm³/mol. The van der Waals surface area contributed by atoms with Gasteiger partial charge >= 0.3 is 0 Å². The van der Waals surface area contributed by atoms with E-state index in [1.165, 1.54) is 19.3 Å². The second-order valence-electron chi connectivity index (χ2n) is 4.17. The van der Waals surface area contributed by atoms with Crippen molar-refractivity contribution in [2.24, 2.45) is 17.3 Å². The van der Waals surface area contributed by atoms with Crippen molar-refractivity contribution in [3.63, 3.8) is 0 Å². The lowest BCUT2D eigenvalue weighted by molar-refractivity contribution is -0.119. The summed E-state index contributed by atoms with van der Waals surface area (Å²) in [6, 6.07) is 0. The van der Waals surface area contributed by atoms with Crippen LogP contribution in [0.4, 0.5) is 0 Å². The third kappa shape index (κ3) is 0.524. The van der Waals surface area contributed by atoms with E-state index < -0.39 is 0 Å². The van der Waals surface area contributed by atoms with Crippen LogP contribution in [0.15, 0.2) is 12.2 Å². The summed E-state index contributed by atoms with van der Waals surface area (Å²) in [5, 5.41) is 0. The molecule has 1 spiro atoms. The highest BCUT2D eigenvalue weighted by Gasteiger charge is 2.69. The Bertz CT molecular complexity index is 250. The first-order valence-electron chi connectivity index (χ1n) is 4.54. The topological polar surface area (TPSA) is 17.1 Å². The van der Waals surface area contributed by atoms with Gasteiger partial charge in [0.2, 0.25) is 0 Å². The Morgan fingerprint density at radius 1 is 1.45 bits per heavy atom. The van der Waals surface area contributed by atoms with Gasteiger partial charge in [0, 0.05) is 12.3 Å². The highest BCUT2D eigenvalue weighted by Crippen LogP contribution is 2.70. The van der Waals surface area contributed by atoms with E-state index in [1.807, 2.05) is 0 Å². The van der Waals surface area contributed by atoms with Gasteiger partial charge in [-0.3, -0.25) is 4.79 Å². The van der Waals surface area contributed by atoms with Gasteiger partial charge in [-0.05, 0) is 30.6 Å². The molecule has 3 unspecified atom stereocenters. The van der Waals surface area contributed by atoms with Gasteiger partial charge in [0.25, 0.3) is 0 Å². The summed E-state index contributed by atoms with van der Waals surface area (Å²) < 4.78 is 0. The van der Waals surface area contributed by atoms with E-state index in [2.05, 4.69) is 12.2 Å². The van der Waals surface area contributed by atoms with Crippen LogP contribution in [0, 0.1) is 17.3 Å². The molecular weight excluding hydrogens is 136 g/mol. The maximum absolute atomic E-state index is 11.3. The monoisotopic (exact) mass is 148 g/mol. The smallest absolute Gasteiger partial charge is 0.137 e. The van der Waals surface area contributed by atoms with Gasteiger partial charge in [-0.15, -0.1) is 0 Å². The minimum Gasteiger partial charge on any atom is -0.299 e. The third-order valence-electron chi connectivity index (χ3n) is 3.84. The van der Waals surface area contributed by atoms with Crippen molar-refractivity contribution in [1.82, 2.24) is 0 Å². The second kappa shape index (κ2) is 1.60. The first-order valence-corrected chi connectivity index (χ1v) is 4.54. The summed E-state index contributed by atoms with van der Waals surface area (Å²) in [5.41, 5.74) is 0.492. The Kier molecular flexibility index (Phi) is 0.869. The van der Waals surface area contributed by atoms with E-state index in [0.29, 0.717) is 23.0 Å². The molecule has 1 heteroatoms. The van der Waals surface area contributed by atoms with Gasteiger partial charge in [0.1, 0.15) is 5.78 Å². The summed E-state index contributed by atoms with van der Waals surface area (Å²) in [6.07, 6.45) is 9.08. The van der Waals surface area contributed by atoms with Crippen molar-refractivity contribution >= 4 is 5.78 Å². The van der Waals surface area contributed by atoms with Crippen molar-refractivity contribution in [2.75, 3.05) is 0 Å². The summed E-state index contributed by atoms with van der Waals surface area (Å²) in [7, 11) is 0. The molecular formula is C10H12O. The molecule has 0 aromatic rings. The zero-order valence-corrected chi connectivity index (χ0v) is 6.55. The predicted octanol–water partition coefficient (Wildman–Crippen LogP) is 1.93. The molecule has 58 valence electrons. The molecule has 0 saturated heterocycles. The van der Waals surface area contributed by atoms with Crippen LogP contribution in [0.3, 0.4) is 0 Å². The van der Waals surface area contributed by atoms with Crippen molar-refractivity contribution < 1.29 is 4.79 Å². The summed E-state index contributed by atoms with van der Waals surface area (Å²) >= 11 is 0. The number of allylic oxidation sites excluding steroid dienone is 2. The van der Waals surface area contributed by atoms with Gasteiger partial charge in [0.05, 0.1) is 0 Å². The van der Waals surface area contributed by atoms with E-state index in [0.717, 1.165) is 6.42 Å². The fourth-order valence-corrected chi connectivity index (χ4v) is 3.22. The Morgan fingerprint density at radius 3 is 3.18 bits per heavy atom. The zero-order chi connectivity index (χ0) is 7.47. The van der Waals surface area contributed by atoms with Crippen LogP contribution < -0.4 is 0 Å². The first kappa shape index (κ1) is 5.99. The highest BCUT2D eigenvalue weighted by atomic mass is 16.1. The van der Waals surface area contributed by atoms with Crippen molar-refractivity contribution in [2.45, 2.75) is 25.7 Å². The fourth-order valence-electron chi connectivity index (χ4n) is 3.22. The van der Waals surface area contributed by atoms with Crippen molar-refractivity contribution in [3.8, 4) is 0 Å². The second-order valence-corrected chi connectivity index (χ2v) is 4.17. The minimum absolute atomic E-state index is 0.459. The normalized spacial score (nSPS) is 52.2. The lowest BCUT2D eigenvalue weighted by Gasteiger charge is -2.14. The number of carbonyl (C=O) groups excluding carboxylic acids is 1. The number of fused-ring (bicyclic) bond motifs is 1. The minimum atomic E-state index is 0.459. The van der Waals surface area contributed by atoms with Gasteiger partial charge < -0.3 is 0 Å². The summed E-state index contributed by atoms with van der Waals surface area (Å²) in [5.74, 6) is 1.67. The van der Waals surface area contributed by atoms with Crippen LogP contribution in [0.1, 0.15) is 25.7 Å². The molecule has 0 N–H and O–H groups in total. The standard InChI is InChI=1S/C10H12O/c11-8-4-6-10-5-2-1-3-7(10)9(8)10/h1,3,7,9H,2,4-6H2. The molecule has 0 amide bonds. The quantitative estimate of drug-likeness (QED) is 0.480.